The number of rotatable bonds is 4. The van der Waals surface area contributed by atoms with Crippen molar-refractivity contribution in [1.29, 1.82) is 0 Å². The summed E-state index contributed by atoms with van der Waals surface area (Å²) < 4.78 is 17.5. The van der Waals surface area contributed by atoms with Crippen LogP contribution >= 0.6 is 0 Å². The fourth-order valence-electron chi connectivity index (χ4n) is 3.06. The molecule has 1 aromatic carbocycles. The predicted molar refractivity (Wildman–Crippen MR) is 93.7 cm³/mol. The van der Waals surface area contributed by atoms with Crippen LogP contribution in [0.25, 0.3) is 10.8 Å². The normalized spacial score (nSPS) is 14.6. The molecule has 1 saturated heterocycles. The third-order valence-electron chi connectivity index (χ3n) is 4.46. The van der Waals surface area contributed by atoms with Crippen LogP contribution in [-0.2, 0) is 11.3 Å². The summed E-state index contributed by atoms with van der Waals surface area (Å²) in [6, 6.07) is 3.34. The number of carbonyl (C=O) groups excluding carboxylic acids is 1. The molecule has 1 fully saturated rings. The topological polar surface area (TPSA) is 70.0 Å². The van der Waals surface area contributed by atoms with Crippen molar-refractivity contribution < 1.29 is 19.0 Å². The molecule has 7 heteroatoms. The van der Waals surface area contributed by atoms with Gasteiger partial charge >= 0.3 is 0 Å². The third-order valence-corrected chi connectivity index (χ3v) is 4.46. The molecular weight excluding hydrogens is 324 g/mol. The molecule has 1 aliphatic rings. The summed E-state index contributed by atoms with van der Waals surface area (Å²) >= 11 is 0. The predicted octanol–water partition coefficient (Wildman–Crippen LogP) is 1.51. The number of aromatic nitrogens is 1. The van der Waals surface area contributed by atoms with Gasteiger partial charge in [-0.3, -0.25) is 9.59 Å². The zero-order chi connectivity index (χ0) is 18.0. The van der Waals surface area contributed by atoms with Crippen LogP contribution in [0.2, 0.25) is 0 Å². The summed E-state index contributed by atoms with van der Waals surface area (Å²) in [7, 11) is 3.05. The highest BCUT2D eigenvalue weighted by Crippen LogP contribution is 2.32. The maximum absolute atomic E-state index is 13.0. The van der Waals surface area contributed by atoms with Crippen LogP contribution in [0.15, 0.2) is 23.1 Å². The van der Waals surface area contributed by atoms with Crippen molar-refractivity contribution >= 4 is 16.7 Å². The maximum Gasteiger partial charge on any atom is 0.258 e. The summed E-state index contributed by atoms with van der Waals surface area (Å²) in [5.41, 5.74) is 0.330. The Bertz CT molecular complexity index is 853. The van der Waals surface area contributed by atoms with Gasteiger partial charge in [-0.1, -0.05) is 0 Å². The van der Waals surface area contributed by atoms with E-state index in [-0.39, 0.29) is 11.5 Å². The minimum atomic E-state index is -0.156. The van der Waals surface area contributed by atoms with Gasteiger partial charge in [0.15, 0.2) is 11.5 Å². The van der Waals surface area contributed by atoms with Crippen LogP contribution in [-0.4, -0.2) is 55.9 Å². The number of morpholine rings is 1. The molecule has 1 aliphatic heterocycles. The highest BCUT2D eigenvalue weighted by molar-refractivity contribution is 6.07. The van der Waals surface area contributed by atoms with Gasteiger partial charge in [0, 0.05) is 31.2 Å². The Balaban J connectivity index is 2.24. The highest BCUT2D eigenvalue weighted by Gasteiger charge is 2.23. The second-order valence-corrected chi connectivity index (χ2v) is 5.79. The van der Waals surface area contributed by atoms with Gasteiger partial charge in [0.25, 0.3) is 11.5 Å². The molecule has 1 amide bonds. The van der Waals surface area contributed by atoms with Crippen molar-refractivity contribution in [3.63, 3.8) is 0 Å². The number of methoxy groups -OCH3 is 2. The fraction of sp³-hybridized carbons (Fsp3) is 0.444. The van der Waals surface area contributed by atoms with Crippen LogP contribution in [0.1, 0.15) is 17.3 Å². The van der Waals surface area contributed by atoms with Crippen LogP contribution in [0.3, 0.4) is 0 Å². The quantitative estimate of drug-likeness (QED) is 0.839. The van der Waals surface area contributed by atoms with Gasteiger partial charge in [-0.2, -0.15) is 0 Å². The number of nitrogens with zero attached hydrogens (tertiary/aromatic N) is 2. The lowest BCUT2D eigenvalue weighted by atomic mass is 10.0. The second kappa shape index (κ2) is 7.14. The molecule has 25 heavy (non-hydrogen) atoms. The standard InChI is InChI=1S/C18H22N2O5/c1-4-19-11-14(18(22)20-5-7-25-8-6-20)12-9-15(23-2)16(24-3)10-13(12)17(19)21/h9-11H,4-8H2,1-3H3. The minimum absolute atomic E-state index is 0.109. The van der Waals surface area contributed by atoms with E-state index in [0.717, 1.165) is 0 Å². The number of hydrogen-bond donors (Lipinski definition) is 0. The summed E-state index contributed by atoms with van der Waals surface area (Å²) in [5.74, 6) is 0.841. The number of aryl methyl sites for hydroxylation is 1. The van der Waals surface area contributed by atoms with Crippen molar-refractivity contribution in [2.45, 2.75) is 13.5 Å². The van der Waals surface area contributed by atoms with Crippen molar-refractivity contribution in [2.75, 3.05) is 40.5 Å². The minimum Gasteiger partial charge on any atom is -0.493 e. The molecule has 2 aromatic rings. The Morgan fingerprint density at radius 1 is 1.12 bits per heavy atom. The molecule has 0 radical (unpaired) electrons. The average molecular weight is 346 g/mol. The van der Waals surface area contributed by atoms with Gasteiger partial charge < -0.3 is 23.7 Å². The van der Waals surface area contributed by atoms with Crippen LogP contribution < -0.4 is 15.0 Å². The SMILES string of the molecule is CCn1cc(C(=O)N2CCOCC2)c2cc(OC)c(OC)cc2c1=O. The van der Waals surface area contributed by atoms with E-state index < -0.39 is 0 Å². The smallest absolute Gasteiger partial charge is 0.258 e. The summed E-state index contributed by atoms with van der Waals surface area (Å²) in [6.45, 7) is 4.48. The Morgan fingerprint density at radius 2 is 1.72 bits per heavy atom. The van der Waals surface area contributed by atoms with Crippen molar-refractivity contribution in [3.8, 4) is 11.5 Å². The molecule has 0 unspecified atom stereocenters. The molecule has 0 saturated carbocycles. The first-order valence-corrected chi connectivity index (χ1v) is 8.26. The van der Waals surface area contributed by atoms with Gasteiger partial charge in [0.05, 0.1) is 38.4 Å². The number of benzene rings is 1. The highest BCUT2D eigenvalue weighted by atomic mass is 16.5. The largest absolute Gasteiger partial charge is 0.493 e. The molecule has 1 aromatic heterocycles. The van der Waals surface area contributed by atoms with Crippen molar-refractivity contribution in [1.82, 2.24) is 9.47 Å². The Labute approximate surface area is 145 Å². The van der Waals surface area contributed by atoms with Crippen molar-refractivity contribution in [3.05, 3.63) is 34.2 Å². The number of carbonyl (C=O) groups is 1. The fourth-order valence-corrected chi connectivity index (χ4v) is 3.06. The Kier molecular flexibility index (Phi) is 4.94. The molecule has 134 valence electrons. The lowest BCUT2D eigenvalue weighted by molar-refractivity contribution is 0.0303. The molecule has 0 N–H and O–H groups in total. The second-order valence-electron chi connectivity index (χ2n) is 5.79. The van der Waals surface area contributed by atoms with E-state index in [9.17, 15) is 9.59 Å². The molecule has 0 spiro atoms. The third kappa shape index (κ3) is 3.07. The van der Waals surface area contributed by atoms with Crippen molar-refractivity contribution in [2.24, 2.45) is 0 Å². The summed E-state index contributed by atoms with van der Waals surface area (Å²) in [5, 5.41) is 1.02. The zero-order valence-electron chi connectivity index (χ0n) is 14.7. The molecule has 2 heterocycles. The maximum atomic E-state index is 13.0. The summed E-state index contributed by atoms with van der Waals surface area (Å²) in [4.78, 5) is 27.5. The lowest BCUT2D eigenvalue weighted by Gasteiger charge is -2.27. The molecule has 7 nitrogen and oxygen atoms in total. The first-order valence-electron chi connectivity index (χ1n) is 8.26. The number of pyridine rings is 1. The first-order chi connectivity index (χ1) is 12.1. The van der Waals surface area contributed by atoms with E-state index in [2.05, 4.69) is 0 Å². The number of amides is 1. The lowest BCUT2D eigenvalue weighted by Crippen LogP contribution is -2.41. The Morgan fingerprint density at radius 3 is 2.28 bits per heavy atom. The zero-order valence-corrected chi connectivity index (χ0v) is 14.7. The molecule has 0 aliphatic carbocycles. The van der Waals surface area contributed by atoms with E-state index in [4.69, 9.17) is 14.2 Å². The van der Waals surface area contributed by atoms with Gasteiger partial charge in [-0.15, -0.1) is 0 Å². The van der Waals surface area contributed by atoms with E-state index in [1.54, 1.807) is 27.8 Å². The van der Waals surface area contributed by atoms with E-state index >= 15 is 0 Å². The van der Waals surface area contributed by atoms with Gasteiger partial charge in [-0.05, 0) is 19.1 Å². The van der Waals surface area contributed by atoms with Crippen LogP contribution in [0.5, 0.6) is 11.5 Å². The molecular formula is C18H22N2O5. The average Bonchev–Trinajstić information content (AvgIpc) is 2.67. The van der Waals surface area contributed by atoms with Crippen LogP contribution in [0.4, 0.5) is 0 Å². The number of ether oxygens (including phenoxy) is 3. The first kappa shape index (κ1) is 17.3. The Hall–Kier alpha value is -2.54. The number of fused-ring (bicyclic) bond motifs is 1. The van der Waals surface area contributed by atoms with E-state index in [0.29, 0.717) is 60.7 Å². The number of hydrogen-bond acceptors (Lipinski definition) is 5. The molecule has 3 rings (SSSR count). The van der Waals surface area contributed by atoms with Gasteiger partial charge in [-0.25, -0.2) is 0 Å². The van der Waals surface area contributed by atoms with E-state index in [1.807, 2.05) is 6.92 Å². The molecule has 0 atom stereocenters. The summed E-state index contributed by atoms with van der Waals surface area (Å²) in [6.07, 6.45) is 1.63. The van der Waals surface area contributed by atoms with E-state index in [1.165, 1.54) is 14.2 Å². The van der Waals surface area contributed by atoms with Crippen LogP contribution in [0, 0.1) is 0 Å². The molecule has 0 bridgehead atoms. The van der Waals surface area contributed by atoms with Gasteiger partial charge in [0.1, 0.15) is 0 Å². The monoisotopic (exact) mass is 346 g/mol. The van der Waals surface area contributed by atoms with Gasteiger partial charge in [0.2, 0.25) is 0 Å².